The lowest BCUT2D eigenvalue weighted by molar-refractivity contribution is -0.118. The molecule has 1 amide bonds. The number of carbonyl (C=O) groups excluding carboxylic acids is 1. The van der Waals surface area contributed by atoms with Crippen LogP contribution in [-0.4, -0.2) is 34.4 Å². The van der Waals surface area contributed by atoms with Crippen molar-refractivity contribution in [3.8, 4) is 23.4 Å². The average Bonchev–Trinajstić information content (AvgIpc) is 3.24. The van der Waals surface area contributed by atoms with Crippen molar-refractivity contribution in [1.82, 2.24) is 14.8 Å². The number of anilines is 1. The second-order valence-corrected chi connectivity index (χ2v) is 9.67. The largest absolute Gasteiger partial charge is 0.494 e. The van der Waals surface area contributed by atoms with Crippen LogP contribution < -0.4 is 14.8 Å². The van der Waals surface area contributed by atoms with Gasteiger partial charge in [-0.25, -0.2) is 4.98 Å². The Balaban J connectivity index is 1.63. The minimum atomic E-state index is -0.413. The molecular formula is C28H29N5O3. The zero-order valence-electron chi connectivity index (χ0n) is 21.3. The van der Waals surface area contributed by atoms with Crippen molar-refractivity contribution in [1.29, 1.82) is 5.26 Å². The van der Waals surface area contributed by atoms with Crippen molar-refractivity contribution in [3.63, 3.8) is 0 Å². The molecule has 0 unspecified atom stereocenters. The van der Waals surface area contributed by atoms with Crippen LogP contribution in [0, 0.1) is 25.2 Å². The third-order valence-corrected chi connectivity index (χ3v) is 5.88. The summed E-state index contributed by atoms with van der Waals surface area (Å²) in [5.41, 5.74) is 3.83. The summed E-state index contributed by atoms with van der Waals surface area (Å²) in [6.45, 7) is 10.1. The number of carbonyl (C=O) groups is 1. The molecule has 8 heteroatoms. The van der Waals surface area contributed by atoms with E-state index in [0.29, 0.717) is 22.8 Å². The van der Waals surface area contributed by atoms with E-state index in [9.17, 15) is 10.1 Å². The van der Waals surface area contributed by atoms with Crippen LogP contribution in [0.4, 0.5) is 5.82 Å². The number of hydrogen-bond donors (Lipinski definition) is 1. The van der Waals surface area contributed by atoms with Crippen LogP contribution in [0.2, 0.25) is 0 Å². The summed E-state index contributed by atoms with van der Waals surface area (Å²) in [7, 11) is 1.59. The van der Waals surface area contributed by atoms with Crippen molar-refractivity contribution in [2.45, 2.75) is 40.0 Å². The highest BCUT2D eigenvalue weighted by Crippen LogP contribution is 2.32. The van der Waals surface area contributed by atoms with Gasteiger partial charge in [0.05, 0.1) is 13.3 Å². The number of benzene rings is 2. The molecule has 0 aliphatic carbocycles. The number of rotatable bonds is 6. The molecule has 0 saturated carbocycles. The highest BCUT2D eigenvalue weighted by molar-refractivity contribution is 5.93. The molecule has 0 fully saturated rings. The Kier molecular flexibility index (Phi) is 6.67. The van der Waals surface area contributed by atoms with Crippen LogP contribution in [-0.2, 0) is 10.2 Å². The van der Waals surface area contributed by atoms with Gasteiger partial charge in [0, 0.05) is 5.39 Å². The van der Waals surface area contributed by atoms with Gasteiger partial charge in [-0.3, -0.25) is 4.79 Å². The molecule has 2 aromatic heterocycles. The van der Waals surface area contributed by atoms with Crippen molar-refractivity contribution >= 4 is 22.6 Å². The molecule has 1 N–H and O–H groups in total. The first-order chi connectivity index (χ1) is 17.1. The summed E-state index contributed by atoms with van der Waals surface area (Å²) in [5.74, 6) is 1.54. The molecule has 2 aromatic carbocycles. The number of amides is 1. The molecule has 0 spiro atoms. The van der Waals surface area contributed by atoms with Gasteiger partial charge in [0.2, 0.25) is 0 Å². The number of pyridine rings is 1. The molecule has 8 nitrogen and oxygen atoms in total. The summed E-state index contributed by atoms with van der Waals surface area (Å²) in [6.07, 6.45) is 1.40. The molecule has 0 aliphatic rings. The zero-order valence-corrected chi connectivity index (χ0v) is 21.3. The first-order valence-corrected chi connectivity index (χ1v) is 11.6. The molecule has 0 radical (unpaired) electrons. The molecule has 184 valence electrons. The molecule has 2 heterocycles. The number of fused-ring (bicyclic) bond motifs is 1. The maximum atomic E-state index is 12.9. The van der Waals surface area contributed by atoms with Crippen LogP contribution in [0.3, 0.4) is 0 Å². The second-order valence-electron chi connectivity index (χ2n) is 9.67. The maximum Gasteiger partial charge on any atom is 0.263 e. The number of aryl methyl sites for hydroxylation is 2. The van der Waals surface area contributed by atoms with Crippen LogP contribution >= 0.6 is 0 Å². The number of nitrogens with one attached hydrogen (secondary N) is 1. The van der Waals surface area contributed by atoms with Gasteiger partial charge in [-0.2, -0.15) is 15.0 Å². The SMILES string of the molecule is COc1cccc2c(C)cc(-n3ncc(C#N)c3NC(=O)COc3ccc(C)cc3C(C)(C)C)nc12. The third kappa shape index (κ3) is 4.86. The van der Waals surface area contributed by atoms with Gasteiger partial charge in [-0.05, 0) is 48.6 Å². The van der Waals surface area contributed by atoms with Gasteiger partial charge in [0.1, 0.15) is 28.6 Å². The minimum Gasteiger partial charge on any atom is -0.494 e. The standard InChI is InChI=1S/C28H29N5O3/c1-17-10-11-22(21(12-17)28(3,4)5)36-16-25(34)32-27-19(14-29)15-30-33(27)24-13-18(2)20-8-7-9-23(35-6)26(20)31-24/h7-13,15H,16H2,1-6H3,(H,32,34). The molecular weight excluding hydrogens is 454 g/mol. The fourth-order valence-electron chi connectivity index (χ4n) is 4.04. The van der Waals surface area contributed by atoms with E-state index in [1.807, 2.05) is 50.2 Å². The van der Waals surface area contributed by atoms with E-state index in [-0.39, 0.29) is 23.4 Å². The number of aromatic nitrogens is 3. The van der Waals surface area contributed by atoms with E-state index < -0.39 is 5.91 Å². The first kappa shape index (κ1) is 24.7. The van der Waals surface area contributed by atoms with Crippen LogP contribution in [0.1, 0.15) is 43.0 Å². The molecule has 4 aromatic rings. The van der Waals surface area contributed by atoms with Crippen molar-refractivity contribution in [3.05, 3.63) is 70.9 Å². The van der Waals surface area contributed by atoms with Gasteiger partial charge in [-0.15, -0.1) is 0 Å². The lowest BCUT2D eigenvalue weighted by Crippen LogP contribution is -2.24. The predicted octanol–water partition coefficient (Wildman–Crippen LogP) is 5.23. The molecule has 36 heavy (non-hydrogen) atoms. The monoisotopic (exact) mass is 483 g/mol. The van der Waals surface area contributed by atoms with Gasteiger partial charge in [-0.1, -0.05) is 50.6 Å². The number of nitrogens with zero attached hydrogens (tertiary/aromatic N) is 4. The molecule has 0 bridgehead atoms. The van der Waals surface area contributed by atoms with Crippen LogP contribution in [0.25, 0.3) is 16.7 Å². The minimum absolute atomic E-state index is 0.148. The van der Waals surface area contributed by atoms with Crippen LogP contribution in [0.15, 0.2) is 48.7 Å². The molecule has 0 atom stereocenters. The summed E-state index contributed by atoms with van der Waals surface area (Å²) in [4.78, 5) is 17.6. The highest BCUT2D eigenvalue weighted by atomic mass is 16.5. The lowest BCUT2D eigenvalue weighted by atomic mass is 9.85. The third-order valence-electron chi connectivity index (χ3n) is 5.88. The Bertz CT molecular complexity index is 1490. The van der Waals surface area contributed by atoms with Gasteiger partial charge in [0.15, 0.2) is 18.2 Å². The van der Waals surface area contributed by atoms with Crippen molar-refractivity contribution in [2.75, 3.05) is 19.0 Å². The van der Waals surface area contributed by atoms with E-state index in [4.69, 9.17) is 14.5 Å². The number of para-hydroxylation sites is 1. The Hall–Kier alpha value is -4.38. The Morgan fingerprint density at radius 2 is 1.92 bits per heavy atom. The topological polar surface area (TPSA) is 102 Å². The zero-order chi connectivity index (χ0) is 26.0. The van der Waals surface area contributed by atoms with E-state index in [0.717, 1.165) is 22.1 Å². The Morgan fingerprint density at radius 3 is 2.61 bits per heavy atom. The number of nitriles is 1. The second kappa shape index (κ2) is 9.70. The predicted molar refractivity (Wildman–Crippen MR) is 139 cm³/mol. The molecule has 0 aliphatic heterocycles. The van der Waals surface area contributed by atoms with E-state index >= 15 is 0 Å². The number of ether oxygens (including phenoxy) is 2. The normalized spacial score (nSPS) is 11.2. The summed E-state index contributed by atoms with van der Waals surface area (Å²) >= 11 is 0. The molecule has 4 rings (SSSR count). The quantitative estimate of drug-likeness (QED) is 0.403. The summed E-state index contributed by atoms with van der Waals surface area (Å²) < 4.78 is 12.8. The van der Waals surface area contributed by atoms with Crippen molar-refractivity contribution in [2.24, 2.45) is 0 Å². The lowest BCUT2D eigenvalue weighted by Gasteiger charge is -2.23. The first-order valence-electron chi connectivity index (χ1n) is 11.6. The van der Waals surface area contributed by atoms with Gasteiger partial charge in [0.25, 0.3) is 5.91 Å². The Labute approximate surface area is 210 Å². The Morgan fingerprint density at radius 1 is 1.14 bits per heavy atom. The highest BCUT2D eigenvalue weighted by Gasteiger charge is 2.21. The van der Waals surface area contributed by atoms with Gasteiger partial charge >= 0.3 is 0 Å². The van der Waals surface area contributed by atoms with Crippen molar-refractivity contribution < 1.29 is 14.3 Å². The van der Waals surface area contributed by atoms with E-state index in [1.165, 1.54) is 10.9 Å². The maximum absolute atomic E-state index is 12.9. The summed E-state index contributed by atoms with van der Waals surface area (Å²) in [5, 5.41) is 17.7. The number of hydrogen-bond acceptors (Lipinski definition) is 6. The molecule has 0 saturated heterocycles. The van der Waals surface area contributed by atoms with E-state index in [2.05, 4.69) is 43.3 Å². The fourth-order valence-corrected chi connectivity index (χ4v) is 4.04. The van der Waals surface area contributed by atoms with Gasteiger partial charge < -0.3 is 14.8 Å². The number of methoxy groups -OCH3 is 1. The van der Waals surface area contributed by atoms with E-state index in [1.54, 1.807) is 7.11 Å². The summed E-state index contributed by atoms with van der Waals surface area (Å²) in [6, 6.07) is 15.5. The smallest absolute Gasteiger partial charge is 0.263 e. The van der Waals surface area contributed by atoms with Crippen LogP contribution in [0.5, 0.6) is 11.5 Å². The fraction of sp³-hybridized carbons (Fsp3) is 0.286. The average molecular weight is 484 g/mol.